The molecular weight excluding hydrogens is 329 g/mol. The van der Waals surface area contributed by atoms with Gasteiger partial charge in [0.15, 0.2) is 0 Å². The van der Waals surface area contributed by atoms with E-state index < -0.39 is 5.82 Å². The average Bonchev–Trinajstić information content (AvgIpc) is 2.33. The molecule has 2 aromatic carbocycles. The van der Waals surface area contributed by atoms with Gasteiger partial charge in [0.2, 0.25) is 0 Å². The van der Waals surface area contributed by atoms with Crippen molar-refractivity contribution in [2.45, 2.75) is 19.4 Å². The van der Waals surface area contributed by atoms with Gasteiger partial charge in [-0.1, -0.05) is 45.7 Å². The largest absolute Gasteiger partial charge is 0.324 e. The van der Waals surface area contributed by atoms with E-state index in [9.17, 15) is 4.39 Å². The van der Waals surface area contributed by atoms with E-state index in [-0.39, 0.29) is 11.1 Å². The van der Waals surface area contributed by atoms with Crippen molar-refractivity contribution < 1.29 is 4.39 Å². The monoisotopic (exact) mass is 341 g/mol. The molecule has 2 rings (SSSR count). The first-order valence-electron chi connectivity index (χ1n) is 5.93. The van der Waals surface area contributed by atoms with Crippen LogP contribution in [0.2, 0.25) is 5.02 Å². The average molecular weight is 343 g/mol. The molecule has 0 aliphatic carbocycles. The Morgan fingerprint density at radius 3 is 2.63 bits per heavy atom. The van der Waals surface area contributed by atoms with Crippen LogP contribution in [-0.4, -0.2) is 0 Å². The summed E-state index contributed by atoms with van der Waals surface area (Å²) in [7, 11) is 0. The summed E-state index contributed by atoms with van der Waals surface area (Å²) in [5.74, 6) is -0.407. The molecule has 0 bridgehead atoms. The minimum atomic E-state index is -0.407. The van der Waals surface area contributed by atoms with Crippen molar-refractivity contribution in [2.75, 3.05) is 0 Å². The summed E-state index contributed by atoms with van der Waals surface area (Å²) in [6.45, 7) is 2.03. The zero-order valence-electron chi connectivity index (χ0n) is 10.5. The summed E-state index contributed by atoms with van der Waals surface area (Å²) in [6, 6.07) is 10.6. The number of hydrogen-bond acceptors (Lipinski definition) is 1. The Morgan fingerprint density at radius 2 is 2.00 bits per heavy atom. The van der Waals surface area contributed by atoms with E-state index in [1.165, 1.54) is 11.6 Å². The number of benzene rings is 2. The highest BCUT2D eigenvalue weighted by Crippen LogP contribution is 2.26. The van der Waals surface area contributed by atoms with Gasteiger partial charge in [-0.2, -0.15) is 0 Å². The van der Waals surface area contributed by atoms with Gasteiger partial charge in [-0.3, -0.25) is 0 Å². The fraction of sp³-hybridized carbons (Fsp3) is 0.200. The molecule has 0 saturated carbocycles. The van der Waals surface area contributed by atoms with Crippen molar-refractivity contribution in [3.63, 3.8) is 0 Å². The molecule has 1 atom stereocenters. The van der Waals surface area contributed by atoms with Gasteiger partial charge in [-0.25, -0.2) is 4.39 Å². The van der Waals surface area contributed by atoms with Crippen molar-refractivity contribution in [2.24, 2.45) is 5.73 Å². The second kappa shape index (κ2) is 6.04. The quantitative estimate of drug-likeness (QED) is 0.852. The predicted octanol–water partition coefficient (Wildman–Crippen LogP) is 4.79. The molecule has 2 N–H and O–H groups in total. The van der Waals surface area contributed by atoms with Gasteiger partial charge in [0.1, 0.15) is 5.82 Å². The third-order valence-corrected chi connectivity index (χ3v) is 3.97. The van der Waals surface area contributed by atoms with Crippen LogP contribution in [0.3, 0.4) is 0 Å². The van der Waals surface area contributed by atoms with Crippen LogP contribution in [0.4, 0.5) is 4.39 Å². The molecule has 19 heavy (non-hydrogen) atoms. The summed E-state index contributed by atoms with van der Waals surface area (Å²) in [5, 5.41) is 0.132. The standard InChI is InChI=1S/C15H14BrClFN/c1-9-2-4-11(12(16)6-9)15(19)8-10-3-5-14(18)13(17)7-10/h2-7,15H,8,19H2,1H3. The molecule has 0 heterocycles. The highest BCUT2D eigenvalue weighted by atomic mass is 79.9. The molecule has 0 aliphatic rings. The smallest absolute Gasteiger partial charge is 0.141 e. The highest BCUT2D eigenvalue weighted by Gasteiger charge is 2.12. The van der Waals surface area contributed by atoms with Crippen LogP contribution in [0, 0.1) is 12.7 Å². The molecule has 0 radical (unpaired) electrons. The predicted molar refractivity (Wildman–Crippen MR) is 80.9 cm³/mol. The molecule has 0 saturated heterocycles. The lowest BCUT2D eigenvalue weighted by Gasteiger charge is -2.15. The molecule has 0 aliphatic heterocycles. The van der Waals surface area contributed by atoms with E-state index in [1.807, 2.05) is 25.1 Å². The molecule has 0 fully saturated rings. The highest BCUT2D eigenvalue weighted by molar-refractivity contribution is 9.10. The first kappa shape index (κ1) is 14.5. The maximum atomic E-state index is 13.1. The Balaban J connectivity index is 2.20. The Bertz CT molecular complexity index is 601. The van der Waals surface area contributed by atoms with E-state index >= 15 is 0 Å². The summed E-state index contributed by atoms with van der Waals surface area (Å²) >= 11 is 9.29. The summed E-state index contributed by atoms with van der Waals surface area (Å²) in [6.07, 6.45) is 0.613. The van der Waals surface area contributed by atoms with Gasteiger partial charge in [0, 0.05) is 10.5 Å². The number of nitrogens with two attached hydrogens (primary N) is 1. The van der Waals surface area contributed by atoms with Crippen molar-refractivity contribution in [3.05, 3.63) is 68.4 Å². The second-order valence-electron chi connectivity index (χ2n) is 4.58. The van der Waals surface area contributed by atoms with Crippen LogP contribution in [0.25, 0.3) is 0 Å². The minimum absolute atomic E-state index is 0.132. The fourth-order valence-electron chi connectivity index (χ4n) is 1.96. The van der Waals surface area contributed by atoms with E-state index in [4.69, 9.17) is 17.3 Å². The lowest BCUT2D eigenvalue weighted by Crippen LogP contribution is -2.14. The Labute approximate surface area is 125 Å². The van der Waals surface area contributed by atoms with Crippen molar-refractivity contribution in [1.82, 2.24) is 0 Å². The first-order chi connectivity index (χ1) is 8.97. The second-order valence-corrected chi connectivity index (χ2v) is 5.85. The van der Waals surface area contributed by atoms with Gasteiger partial charge >= 0.3 is 0 Å². The number of rotatable bonds is 3. The summed E-state index contributed by atoms with van der Waals surface area (Å²) in [4.78, 5) is 0. The zero-order valence-corrected chi connectivity index (χ0v) is 12.8. The molecular formula is C15H14BrClFN. The first-order valence-corrected chi connectivity index (χ1v) is 7.10. The van der Waals surface area contributed by atoms with Gasteiger partial charge in [0.05, 0.1) is 5.02 Å². The summed E-state index contributed by atoms with van der Waals surface area (Å²) < 4.78 is 14.1. The van der Waals surface area contributed by atoms with Crippen molar-refractivity contribution in [1.29, 1.82) is 0 Å². The molecule has 2 aromatic rings. The topological polar surface area (TPSA) is 26.0 Å². The third kappa shape index (κ3) is 3.56. The molecule has 1 nitrogen and oxygen atoms in total. The molecule has 0 aromatic heterocycles. The fourth-order valence-corrected chi connectivity index (χ4v) is 2.95. The third-order valence-electron chi connectivity index (χ3n) is 3.00. The number of aryl methyl sites for hydroxylation is 1. The van der Waals surface area contributed by atoms with Crippen LogP contribution in [0.1, 0.15) is 22.7 Å². The zero-order chi connectivity index (χ0) is 14.0. The van der Waals surface area contributed by atoms with Crippen LogP contribution in [0.5, 0.6) is 0 Å². The van der Waals surface area contributed by atoms with E-state index in [0.29, 0.717) is 6.42 Å². The Hall–Kier alpha value is -0.900. The molecule has 100 valence electrons. The van der Waals surface area contributed by atoms with Crippen LogP contribution < -0.4 is 5.73 Å². The lowest BCUT2D eigenvalue weighted by atomic mass is 9.99. The van der Waals surface area contributed by atoms with Gasteiger partial charge in [-0.15, -0.1) is 0 Å². The molecule has 1 unspecified atom stereocenters. The van der Waals surface area contributed by atoms with Crippen LogP contribution in [0.15, 0.2) is 40.9 Å². The maximum absolute atomic E-state index is 13.1. The SMILES string of the molecule is Cc1ccc(C(N)Cc2ccc(F)c(Cl)c2)c(Br)c1. The van der Waals surface area contributed by atoms with Crippen molar-refractivity contribution >= 4 is 27.5 Å². The molecule has 0 amide bonds. The van der Waals surface area contributed by atoms with E-state index in [0.717, 1.165) is 15.6 Å². The Kier molecular flexibility index (Phi) is 4.61. The summed E-state index contributed by atoms with van der Waals surface area (Å²) in [5.41, 5.74) is 9.33. The van der Waals surface area contributed by atoms with Gasteiger partial charge in [-0.05, 0) is 48.2 Å². The normalized spacial score (nSPS) is 12.5. The van der Waals surface area contributed by atoms with E-state index in [1.54, 1.807) is 12.1 Å². The molecule has 0 spiro atoms. The van der Waals surface area contributed by atoms with Gasteiger partial charge < -0.3 is 5.73 Å². The van der Waals surface area contributed by atoms with E-state index in [2.05, 4.69) is 15.9 Å². The Morgan fingerprint density at radius 1 is 1.26 bits per heavy atom. The minimum Gasteiger partial charge on any atom is -0.324 e. The van der Waals surface area contributed by atoms with Gasteiger partial charge in [0.25, 0.3) is 0 Å². The number of halogens is 3. The molecule has 4 heteroatoms. The van der Waals surface area contributed by atoms with Crippen LogP contribution >= 0.6 is 27.5 Å². The van der Waals surface area contributed by atoms with Crippen molar-refractivity contribution in [3.8, 4) is 0 Å². The number of hydrogen-bond donors (Lipinski definition) is 1. The van der Waals surface area contributed by atoms with Crippen LogP contribution in [-0.2, 0) is 6.42 Å². The lowest BCUT2D eigenvalue weighted by molar-refractivity contribution is 0.626. The maximum Gasteiger partial charge on any atom is 0.141 e.